The van der Waals surface area contributed by atoms with Gasteiger partial charge in [0.25, 0.3) is 5.91 Å². The zero-order chi connectivity index (χ0) is 21.0. The number of nitrogens with one attached hydrogen (secondary N) is 1. The van der Waals surface area contributed by atoms with Crippen LogP contribution in [0.15, 0.2) is 48.7 Å². The molecule has 0 radical (unpaired) electrons. The number of carbonyl (C=O) groups is 1. The molecule has 0 unspecified atom stereocenters. The Kier molecular flexibility index (Phi) is 6.83. The van der Waals surface area contributed by atoms with Gasteiger partial charge in [0, 0.05) is 28.9 Å². The molecule has 1 N–H and O–H groups in total. The fraction of sp³-hybridized carbons (Fsp3) is 0.273. The number of hydrogen-bond acceptors (Lipinski definition) is 3. The summed E-state index contributed by atoms with van der Waals surface area (Å²) in [5.74, 6) is 0.399. The van der Waals surface area contributed by atoms with Crippen molar-refractivity contribution in [1.82, 2.24) is 15.1 Å². The van der Waals surface area contributed by atoms with E-state index in [1.807, 2.05) is 49.8 Å². The standard InChI is InChI=1S/C22H23Cl2N3O2/c1-4-27-12-19(15(3)26-27)14(2)25-22(28)17-7-5-6-16(10-17)13-29-21-9-8-18(23)11-20(21)24/h5-12,14H,4,13H2,1-3H3,(H,25,28)/t14-/m0/s1. The van der Waals surface area contributed by atoms with Gasteiger partial charge in [0.15, 0.2) is 0 Å². The maximum absolute atomic E-state index is 12.7. The predicted molar refractivity (Wildman–Crippen MR) is 116 cm³/mol. The highest BCUT2D eigenvalue weighted by Crippen LogP contribution is 2.28. The summed E-state index contributed by atoms with van der Waals surface area (Å²) in [7, 11) is 0. The van der Waals surface area contributed by atoms with E-state index in [1.54, 1.807) is 24.3 Å². The molecule has 152 valence electrons. The molecular weight excluding hydrogens is 409 g/mol. The Morgan fingerprint density at radius 2 is 2.03 bits per heavy atom. The molecule has 5 nitrogen and oxygen atoms in total. The van der Waals surface area contributed by atoms with E-state index in [9.17, 15) is 4.79 Å². The average molecular weight is 432 g/mol. The number of nitrogens with zero attached hydrogens (tertiary/aromatic N) is 2. The van der Waals surface area contributed by atoms with Gasteiger partial charge in [-0.3, -0.25) is 9.48 Å². The molecule has 0 spiro atoms. The molecule has 0 fully saturated rings. The lowest BCUT2D eigenvalue weighted by Gasteiger charge is -2.14. The lowest BCUT2D eigenvalue weighted by atomic mass is 10.1. The van der Waals surface area contributed by atoms with Gasteiger partial charge in [-0.1, -0.05) is 35.3 Å². The van der Waals surface area contributed by atoms with Crippen molar-refractivity contribution in [2.75, 3.05) is 0 Å². The topological polar surface area (TPSA) is 56.2 Å². The van der Waals surface area contributed by atoms with E-state index < -0.39 is 0 Å². The third kappa shape index (κ3) is 5.31. The van der Waals surface area contributed by atoms with E-state index in [0.29, 0.717) is 28.0 Å². The summed E-state index contributed by atoms with van der Waals surface area (Å²) in [6.45, 7) is 7.02. The molecule has 3 aromatic rings. The van der Waals surface area contributed by atoms with Crippen molar-refractivity contribution in [2.45, 2.75) is 40.0 Å². The average Bonchev–Trinajstić information content (AvgIpc) is 3.08. The second-order valence-electron chi connectivity index (χ2n) is 6.78. The van der Waals surface area contributed by atoms with Gasteiger partial charge in [0.2, 0.25) is 0 Å². The Morgan fingerprint density at radius 1 is 1.24 bits per heavy atom. The van der Waals surface area contributed by atoms with Crippen molar-refractivity contribution in [3.05, 3.63) is 81.1 Å². The van der Waals surface area contributed by atoms with Crippen molar-refractivity contribution in [1.29, 1.82) is 0 Å². The van der Waals surface area contributed by atoms with Gasteiger partial charge in [-0.15, -0.1) is 0 Å². The summed E-state index contributed by atoms with van der Waals surface area (Å²) in [5.41, 5.74) is 3.37. The lowest BCUT2D eigenvalue weighted by Crippen LogP contribution is -2.27. The van der Waals surface area contributed by atoms with Crippen molar-refractivity contribution >= 4 is 29.1 Å². The van der Waals surface area contributed by atoms with Crippen molar-refractivity contribution in [3.8, 4) is 5.75 Å². The second-order valence-corrected chi connectivity index (χ2v) is 7.63. The number of benzene rings is 2. The van der Waals surface area contributed by atoms with Crippen molar-refractivity contribution in [3.63, 3.8) is 0 Å². The van der Waals surface area contributed by atoms with E-state index in [0.717, 1.165) is 23.4 Å². The van der Waals surface area contributed by atoms with Crippen LogP contribution in [0.3, 0.4) is 0 Å². The number of ether oxygens (including phenoxy) is 1. The summed E-state index contributed by atoms with van der Waals surface area (Å²) in [6, 6.07) is 12.3. The van der Waals surface area contributed by atoms with Crippen LogP contribution in [0.1, 0.15) is 47.1 Å². The third-order valence-electron chi connectivity index (χ3n) is 4.60. The minimum atomic E-state index is -0.146. The molecule has 0 aliphatic carbocycles. The summed E-state index contributed by atoms with van der Waals surface area (Å²) in [6.07, 6.45) is 1.97. The zero-order valence-electron chi connectivity index (χ0n) is 16.6. The number of amides is 1. The largest absolute Gasteiger partial charge is 0.487 e. The van der Waals surface area contributed by atoms with Crippen LogP contribution in [0.5, 0.6) is 5.75 Å². The SMILES string of the molecule is CCn1cc([C@H](C)NC(=O)c2cccc(COc3ccc(Cl)cc3Cl)c2)c(C)n1. The zero-order valence-corrected chi connectivity index (χ0v) is 18.1. The summed E-state index contributed by atoms with van der Waals surface area (Å²) >= 11 is 12.0. The Morgan fingerprint density at radius 3 is 2.72 bits per heavy atom. The van der Waals surface area contributed by atoms with Crippen LogP contribution in [-0.2, 0) is 13.2 Å². The van der Waals surface area contributed by atoms with Crippen molar-refractivity contribution < 1.29 is 9.53 Å². The van der Waals surface area contributed by atoms with Gasteiger partial charge in [-0.25, -0.2) is 0 Å². The van der Waals surface area contributed by atoms with E-state index in [-0.39, 0.29) is 11.9 Å². The van der Waals surface area contributed by atoms with Gasteiger partial charge >= 0.3 is 0 Å². The Bertz CT molecular complexity index is 1020. The van der Waals surface area contributed by atoms with E-state index in [2.05, 4.69) is 10.4 Å². The molecule has 0 saturated carbocycles. The minimum absolute atomic E-state index is 0.143. The first-order valence-corrected chi connectivity index (χ1v) is 10.1. The predicted octanol–water partition coefficient (Wildman–Crippen LogP) is 5.59. The molecule has 1 aromatic heterocycles. The van der Waals surface area contributed by atoms with Gasteiger partial charge in [0.05, 0.1) is 16.8 Å². The fourth-order valence-electron chi connectivity index (χ4n) is 3.03. The molecule has 1 heterocycles. The van der Waals surface area contributed by atoms with E-state index in [4.69, 9.17) is 27.9 Å². The van der Waals surface area contributed by atoms with Gasteiger partial charge < -0.3 is 10.1 Å². The molecule has 7 heteroatoms. The number of aryl methyl sites for hydroxylation is 2. The number of carbonyl (C=O) groups excluding carboxylic acids is 1. The van der Waals surface area contributed by atoms with Crippen LogP contribution in [0.2, 0.25) is 10.0 Å². The second kappa shape index (κ2) is 9.33. The molecule has 1 amide bonds. The maximum atomic E-state index is 12.7. The normalized spacial score (nSPS) is 11.9. The molecule has 0 aliphatic rings. The molecule has 29 heavy (non-hydrogen) atoms. The molecule has 0 aliphatic heterocycles. The molecule has 1 atom stereocenters. The van der Waals surface area contributed by atoms with Gasteiger partial charge in [0.1, 0.15) is 12.4 Å². The first kappa shape index (κ1) is 21.2. The Balaban J connectivity index is 1.66. The highest BCUT2D eigenvalue weighted by Gasteiger charge is 2.16. The highest BCUT2D eigenvalue weighted by atomic mass is 35.5. The van der Waals surface area contributed by atoms with Crippen LogP contribution in [0.25, 0.3) is 0 Å². The first-order chi connectivity index (χ1) is 13.9. The highest BCUT2D eigenvalue weighted by molar-refractivity contribution is 6.35. The Labute approximate surface area is 180 Å². The van der Waals surface area contributed by atoms with Gasteiger partial charge in [-0.05, 0) is 56.7 Å². The van der Waals surface area contributed by atoms with Crippen LogP contribution < -0.4 is 10.1 Å². The molecular formula is C22H23Cl2N3O2. The fourth-order valence-corrected chi connectivity index (χ4v) is 3.50. The van der Waals surface area contributed by atoms with Crippen LogP contribution in [0.4, 0.5) is 0 Å². The first-order valence-electron chi connectivity index (χ1n) is 9.39. The maximum Gasteiger partial charge on any atom is 0.251 e. The van der Waals surface area contributed by atoms with E-state index >= 15 is 0 Å². The third-order valence-corrected chi connectivity index (χ3v) is 5.13. The molecule has 0 bridgehead atoms. The molecule has 3 rings (SSSR count). The Hall–Kier alpha value is -2.50. The summed E-state index contributed by atoms with van der Waals surface area (Å²) < 4.78 is 7.63. The molecule has 2 aromatic carbocycles. The van der Waals surface area contributed by atoms with Gasteiger partial charge in [-0.2, -0.15) is 5.10 Å². The number of hydrogen-bond donors (Lipinski definition) is 1. The summed E-state index contributed by atoms with van der Waals surface area (Å²) in [4.78, 5) is 12.7. The quantitative estimate of drug-likeness (QED) is 0.530. The number of aromatic nitrogens is 2. The number of rotatable bonds is 7. The minimum Gasteiger partial charge on any atom is -0.487 e. The molecule has 0 saturated heterocycles. The number of halogens is 2. The van der Waals surface area contributed by atoms with Crippen LogP contribution >= 0.6 is 23.2 Å². The van der Waals surface area contributed by atoms with Crippen LogP contribution in [0, 0.1) is 6.92 Å². The smallest absolute Gasteiger partial charge is 0.251 e. The van der Waals surface area contributed by atoms with Crippen LogP contribution in [-0.4, -0.2) is 15.7 Å². The lowest BCUT2D eigenvalue weighted by molar-refractivity contribution is 0.0939. The van der Waals surface area contributed by atoms with E-state index in [1.165, 1.54) is 0 Å². The van der Waals surface area contributed by atoms with Crippen molar-refractivity contribution in [2.24, 2.45) is 0 Å². The summed E-state index contributed by atoms with van der Waals surface area (Å²) in [5, 5.41) is 8.48. The monoisotopic (exact) mass is 431 g/mol.